The third-order valence-corrected chi connectivity index (χ3v) is 5.77. The van der Waals surface area contributed by atoms with Crippen LogP contribution in [0.5, 0.6) is 0 Å². The highest BCUT2D eigenvalue weighted by Gasteiger charge is 2.21. The third kappa shape index (κ3) is 2.40. The fraction of sp³-hybridized carbons (Fsp3) is 0. The van der Waals surface area contributed by atoms with Crippen LogP contribution in [-0.4, -0.2) is 19.5 Å². The van der Waals surface area contributed by atoms with Crippen molar-refractivity contribution in [1.82, 2.24) is 0 Å². The number of thiophene rings is 1. The number of hydrogen-bond donors (Lipinski definition) is 1. The predicted molar refractivity (Wildman–Crippen MR) is 68.2 cm³/mol. The topological polar surface area (TPSA) is 71.4 Å². The van der Waals surface area contributed by atoms with Gasteiger partial charge in [0.05, 0.1) is 4.90 Å². The van der Waals surface area contributed by atoms with Crippen LogP contribution in [0.2, 0.25) is 5.02 Å². The van der Waals surface area contributed by atoms with E-state index in [-0.39, 0.29) is 14.0 Å². The number of hydrogen-bond acceptors (Lipinski definition) is 4. The van der Waals surface area contributed by atoms with E-state index < -0.39 is 15.8 Å². The minimum Gasteiger partial charge on any atom is -0.477 e. The van der Waals surface area contributed by atoms with E-state index in [9.17, 15) is 13.2 Å². The minimum absolute atomic E-state index is 0.00206. The zero-order valence-electron chi connectivity index (χ0n) is 8.83. The minimum atomic E-state index is -3.67. The van der Waals surface area contributed by atoms with E-state index >= 15 is 0 Å². The van der Waals surface area contributed by atoms with E-state index in [0.717, 1.165) is 11.3 Å². The van der Waals surface area contributed by atoms with Gasteiger partial charge in [-0.2, -0.15) is 0 Å². The molecule has 0 amide bonds. The highest BCUT2D eigenvalue weighted by molar-refractivity contribution is 7.93. The SMILES string of the molecule is O=C(O)c1ccc(S(=O)(=O)c2ccc(Cl)cc2)s1. The van der Waals surface area contributed by atoms with Gasteiger partial charge in [-0.3, -0.25) is 0 Å². The standard InChI is InChI=1S/C11H7ClO4S2/c12-7-1-3-8(4-2-7)18(15,16)10-6-5-9(17-10)11(13)14/h1-6H,(H,13,14). The fourth-order valence-corrected chi connectivity index (χ4v) is 3.98. The van der Waals surface area contributed by atoms with Crippen molar-refractivity contribution in [2.75, 3.05) is 0 Å². The summed E-state index contributed by atoms with van der Waals surface area (Å²) in [5.41, 5.74) is 0. The summed E-state index contributed by atoms with van der Waals surface area (Å²) in [7, 11) is -3.67. The van der Waals surface area contributed by atoms with E-state index in [4.69, 9.17) is 16.7 Å². The molecule has 0 spiro atoms. The van der Waals surface area contributed by atoms with Crippen LogP contribution in [0.4, 0.5) is 0 Å². The van der Waals surface area contributed by atoms with Gasteiger partial charge in [0, 0.05) is 5.02 Å². The van der Waals surface area contributed by atoms with Crippen LogP contribution in [0.15, 0.2) is 45.5 Å². The lowest BCUT2D eigenvalue weighted by Crippen LogP contribution is -1.99. The summed E-state index contributed by atoms with van der Waals surface area (Å²) >= 11 is 6.41. The summed E-state index contributed by atoms with van der Waals surface area (Å²) in [6.07, 6.45) is 0. The second kappa shape index (κ2) is 4.72. The van der Waals surface area contributed by atoms with Crippen LogP contribution in [0.1, 0.15) is 9.67 Å². The molecule has 0 saturated carbocycles. The van der Waals surface area contributed by atoms with Gasteiger partial charge in [-0.1, -0.05) is 11.6 Å². The number of carbonyl (C=O) groups is 1. The van der Waals surface area contributed by atoms with Gasteiger partial charge in [0.25, 0.3) is 0 Å². The van der Waals surface area contributed by atoms with Crippen LogP contribution in [-0.2, 0) is 9.84 Å². The quantitative estimate of drug-likeness (QED) is 0.946. The first kappa shape index (κ1) is 13.1. The molecular weight excluding hydrogens is 296 g/mol. The van der Waals surface area contributed by atoms with Crippen molar-refractivity contribution in [2.45, 2.75) is 9.10 Å². The third-order valence-electron chi connectivity index (χ3n) is 2.18. The number of benzene rings is 1. The second-order valence-electron chi connectivity index (χ2n) is 3.38. The Bertz CT molecular complexity index is 686. The van der Waals surface area contributed by atoms with Crippen LogP contribution >= 0.6 is 22.9 Å². The maximum absolute atomic E-state index is 12.2. The van der Waals surface area contributed by atoms with E-state index in [1.165, 1.54) is 36.4 Å². The molecule has 1 aromatic heterocycles. The molecule has 0 radical (unpaired) electrons. The molecule has 4 nitrogen and oxygen atoms in total. The van der Waals surface area contributed by atoms with Crippen molar-refractivity contribution >= 4 is 38.7 Å². The molecule has 0 saturated heterocycles. The Balaban J connectivity index is 2.47. The molecule has 1 heterocycles. The van der Waals surface area contributed by atoms with E-state index in [1.54, 1.807) is 0 Å². The largest absolute Gasteiger partial charge is 0.477 e. The summed E-state index contributed by atoms with van der Waals surface area (Å²) in [5, 5.41) is 9.21. The van der Waals surface area contributed by atoms with Gasteiger partial charge in [0.2, 0.25) is 9.84 Å². The molecular formula is C11H7ClO4S2. The Labute approximate surface area is 112 Å². The van der Waals surface area contributed by atoms with E-state index in [2.05, 4.69) is 0 Å². The van der Waals surface area contributed by atoms with Crippen LogP contribution in [0, 0.1) is 0 Å². The molecule has 1 N–H and O–H groups in total. The van der Waals surface area contributed by atoms with Crippen LogP contribution in [0.25, 0.3) is 0 Å². The van der Waals surface area contributed by atoms with Crippen molar-refractivity contribution in [3.63, 3.8) is 0 Å². The number of carboxylic acids is 1. The van der Waals surface area contributed by atoms with Crippen molar-refractivity contribution in [1.29, 1.82) is 0 Å². The molecule has 18 heavy (non-hydrogen) atoms. The maximum atomic E-state index is 12.2. The first-order valence-electron chi connectivity index (χ1n) is 4.75. The van der Waals surface area contributed by atoms with Crippen molar-refractivity contribution in [2.24, 2.45) is 0 Å². The zero-order valence-corrected chi connectivity index (χ0v) is 11.2. The van der Waals surface area contributed by atoms with E-state index in [0.29, 0.717) is 5.02 Å². The van der Waals surface area contributed by atoms with Gasteiger partial charge < -0.3 is 5.11 Å². The molecule has 2 rings (SSSR count). The lowest BCUT2D eigenvalue weighted by molar-refractivity contribution is 0.0702. The van der Waals surface area contributed by atoms with Gasteiger partial charge in [0.1, 0.15) is 9.09 Å². The summed E-state index contributed by atoms with van der Waals surface area (Å²) in [4.78, 5) is 10.8. The second-order valence-corrected chi connectivity index (χ2v) is 7.08. The van der Waals surface area contributed by atoms with Crippen molar-refractivity contribution < 1.29 is 18.3 Å². The number of sulfone groups is 1. The first-order valence-corrected chi connectivity index (χ1v) is 7.43. The molecule has 2 aromatic rings. The molecule has 7 heteroatoms. The lowest BCUT2D eigenvalue weighted by atomic mass is 10.4. The molecule has 0 aliphatic carbocycles. The number of halogens is 1. The average Bonchev–Trinajstić information content (AvgIpc) is 2.79. The summed E-state index contributed by atoms with van der Waals surface area (Å²) < 4.78 is 24.3. The zero-order chi connectivity index (χ0) is 13.3. The summed E-state index contributed by atoms with van der Waals surface area (Å²) in [5.74, 6) is -1.14. The van der Waals surface area contributed by atoms with Gasteiger partial charge in [-0.05, 0) is 36.4 Å². The Morgan fingerprint density at radius 3 is 2.22 bits per heavy atom. The average molecular weight is 303 g/mol. The van der Waals surface area contributed by atoms with Gasteiger partial charge in [0.15, 0.2) is 0 Å². The molecule has 0 atom stereocenters. The molecule has 0 bridgehead atoms. The van der Waals surface area contributed by atoms with Gasteiger partial charge >= 0.3 is 5.97 Å². The normalized spacial score (nSPS) is 11.4. The summed E-state index contributed by atoms with van der Waals surface area (Å²) in [6, 6.07) is 8.28. The van der Waals surface area contributed by atoms with Crippen molar-refractivity contribution in [3.8, 4) is 0 Å². The Morgan fingerprint density at radius 2 is 1.72 bits per heavy atom. The molecule has 94 valence electrons. The predicted octanol–water partition coefficient (Wildman–Crippen LogP) is 2.93. The molecule has 0 unspecified atom stereocenters. The van der Waals surface area contributed by atoms with Crippen molar-refractivity contribution in [3.05, 3.63) is 46.3 Å². The molecule has 0 aliphatic rings. The lowest BCUT2D eigenvalue weighted by Gasteiger charge is -2.01. The van der Waals surface area contributed by atoms with Gasteiger partial charge in [-0.25, -0.2) is 13.2 Å². The van der Waals surface area contributed by atoms with E-state index in [1.807, 2.05) is 0 Å². The number of carboxylic acid groups (broad SMARTS) is 1. The molecule has 0 fully saturated rings. The fourth-order valence-electron chi connectivity index (χ4n) is 1.31. The smallest absolute Gasteiger partial charge is 0.345 e. The Morgan fingerprint density at radius 1 is 1.11 bits per heavy atom. The van der Waals surface area contributed by atoms with Crippen LogP contribution < -0.4 is 0 Å². The Hall–Kier alpha value is -1.37. The summed E-state index contributed by atoms with van der Waals surface area (Å²) in [6.45, 7) is 0. The highest BCUT2D eigenvalue weighted by atomic mass is 35.5. The van der Waals surface area contributed by atoms with Gasteiger partial charge in [-0.15, -0.1) is 11.3 Å². The number of rotatable bonds is 3. The maximum Gasteiger partial charge on any atom is 0.345 e. The monoisotopic (exact) mass is 302 g/mol. The Kier molecular flexibility index (Phi) is 3.43. The number of aromatic carboxylic acids is 1. The molecule has 1 aromatic carbocycles. The van der Waals surface area contributed by atoms with Crippen LogP contribution in [0.3, 0.4) is 0 Å². The highest BCUT2D eigenvalue weighted by Crippen LogP contribution is 2.28. The first-order chi connectivity index (χ1) is 8.41. The molecule has 0 aliphatic heterocycles.